The number of pyridine rings is 1. The van der Waals surface area contributed by atoms with Crippen molar-refractivity contribution >= 4 is 29.9 Å². The summed E-state index contributed by atoms with van der Waals surface area (Å²) in [7, 11) is 1.81. The Morgan fingerprint density at radius 3 is 2.91 bits per heavy atom. The van der Waals surface area contributed by atoms with Crippen LogP contribution in [0, 0.1) is 6.92 Å². The van der Waals surface area contributed by atoms with Gasteiger partial charge >= 0.3 is 0 Å². The van der Waals surface area contributed by atoms with E-state index in [1.165, 1.54) is 19.4 Å². The molecule has 1 aromatic rings. The Kier molecular flexibility index (Phi) is 8.70. The first-order chi connectivity index (χ1) is 10.2. The van der Waals surface area contributed by atoms with Crippen LogP contribution in [0.4, 0.5) is 0 Å². The van der Waals surface area contributed by atoms with Crippen molar-refractivity contribution in [3.05, 3.63) is 29.6 Å². The predicted molar refractivity (Wildman–Crippen MR) is 103 cm³/mol. The minimum Gasteiger partial charge on any atom is -0.355 e. The molecule has 0 radical (unpaired) electrons. The summed E-state index contributed by atoms with van der Waals surface area (Å²) < 4.78 is 0. The van der Waals surface area contributed by atoms with Crippen molar-refractivity contribution in [1.29, 1.82) is 0 Å². The monoisotopic (exact) mass is 417 g/mol. The Balaban J connectivity index is 0.00000242. The molecule has 0 spiro atoms. The van der Waals surface area contributed by atoms with Crippen molar-refractivity contribution in [2.45, 2.75) is 39.3 Å². The molecule has 2 heterocycles. The fourth-order valence-corrected chi connectivity index (χ4v) is 2.85. The minimum absolute atomic E-state index is 0. The average Bonchev–Trinajstić information content (AvgIpc) is 2.95. The quantitative estimate of drug-likeness (QED) is 0.438. The molecule has 1 fully saturated rings. The first kappa shape index (κ1) is 19.2. The summed E-state index contributed by atoms with van der Waals surface area (Å²) in [6, 6.07) is 6.71. The zero-order valence-electron chi connectivity index (χ0n) is 13.8. The standard InChI is InChI=1S/C16H27N5.HI/c1-4-21-10-6-9-15(21)12-19-16(17-3)18-11-14-8-5-7-13(2)20-14;/h5,7-8,15H,4,6,9-12H2,1-3H3,(H2,17,18,19);1H. The fraction of sp³-hybridized carbons (Fsp3) is 0.625. The number of aryl methyl sites for hydroxylation is 1. The van der Waals surface area contributed by atoms with Gasteiger partial charge in [-0.2, -0.15) is 0 Å². The van der Waals surface area contributed by atoms with Gasteiger partial charge in [-0.05, 0) is 45.0 Å². The molecule has 1 atom stereocenters. The van der Waals surface area contributed by atoms with Crippen molar-refractivity contribution in [1.82, 2.24) is 20.5 Å². The molecule has 5 nitrogen and oxygen atoms in total. The highest BCUT2D eigenvalue weighted by atomic mass is 127. The van der Waals surface area contributed by atoms with Crippen molar-refractivity contribution in [3.63, 3.8) is 0 Å². The lowest BCUT2D eigenvalue weighted by atomic mass is 10.2. The zero-order valence-corrected chi connectivity index (χ0v) is 16.1. The van der Waals surface area contributed by atoms with Gasteiger partial charge in [0.05, 0.1) is 12.2 Å². The van der Waals surface area contributed by atoms with E-state index in [4.69, 9.17) is 0 Å². The predicted octanol–water partition coefficient (Wildman–Crippen LogP) is 2.16. The second kappa shape index (κ2) is 9.99. The SMILES string of the molecule is CCN1CCCC1CNC(=NC)NCc1cccc(C)n1.I. The molecule has 1 aliphatic heterocycles. The molecular weight excluding hydrogens is 389 g/mol. The molecule has 6 heteroatoms. The zero-order chi connectivity index (χ0) is 15.1. The first-order valence-corrected chi connectivity index (χ1v) is 7.84. The number of aliphatic imine (C=N–C) groups is 1. The van der Waals surface area contributed by atoms with E-state index in [0.29, 0.717) is 12.6 Å². The maximum atomic E-state index is 4.49. The van der Waals surface area contributed by atoms with Crippen molar-refractivity contribution in [3.8, 4) is 0 Å². The molecule has 0 aliphatic carbocycles. The molecule has 2 N–H and O–H groups in total. The summed E-state index contributed by atoms with van der Waals surface area (Å²) in [6.45, 7) is 8.25. The number of likely N-dealkylation sites (N-methyl/N-ethyl adjacent to an activating group) is 1. The molecule has 1 aromatic heterocycles. The summed E-state index contributed by atoms with van der Waals surface area (Å²) in [5, 5.41) is 6.76. The summed E-state index contributed by atoms with van der Waals surface area (Å²) in [5.41, 5.74) is 2.08. The van der Waals surface area contributed by atoms with Crippen LogP contribution in [-0.2, 0) is 6.54 Å². The average molecular weight is 417 g/mol. The Bertz CT molecular complexity index is 477. The molecular formula is C16H28IN5. The van der Waals surface area contributed by atoms with Crippen LogP contribution in [0.15, 0.2) is 23.2 Å². The van der Waals surface area contributed by atoms with E-state index in [-0.39, 0.29) is 24.0 Å². The summed E-state index contributed by atoms with van der Waals surface area (Å²) in [4.78, 5) is 11.3. The van der Waals surface area contributed by atoms with Crippen LogP contribution in [0.3, 0.4) is 0 Å². The van der Waals surface area contributed by atoms with Gasteiger partial charge in [-0.15, -0.1) is 24.0 Å². The molecule has 0 amide bonds. The highest BCUT2D eigenvalue weighted by Gasteiger charge is 2.22. The normalized spacial score (nSPS) is 18.9. The van der Waals surface area contributed by atoms with E-state index in [9.17, 15) is 0 Å². The van der Waals surface area contributed by atoms with Crippen LogP contribution in [-0.4, -0.2) is 48.6 Å². The van der Waals surface area contributed by atoms with Crippen LogP contribution in [0.2, 0.25) is 0 Å². The number of hydrogen-bond acceptors (Lipinski definition) is 3. The summed E-state index contributed by atoms with van der Waals surface area (Å²) in [6.07, 6.45) is 2.58. The smallest absolute Gasteiger partial charge is 0.191 e. The first-order valence-electron chi connectivity index (χ1n) is 7.84. The number of guanidine groups is 1. The van der Waals surface area contributed by atoms with Gasteiger partial charge in [0.15, 0.2) is 5.96 Å². The third kappa shape index (κ3) is 5.72. The van der Waals surface area contributed by atoms with Crippen LogP contribution < -0.4 is 10.6 Å². The van der Waals surface area contributed by atoms with Crippen LogP contribution in [0.5, 0.6) is 0 Å². The van der Waals surface area contributed by atoms with Gasteiger partial charge in [0.2, 0.25) is 0 Å². The molecule has 0 aromatic carbocycles. The Morgan fingerprint density at radius 2 is 2.23 bits per heavy atom. The molecule has 1 saturated heterocycles. The number of aromatic nitrogens is 1. The van der Waals surface area contributed by atoms with Gasteiger partial charge in [0.1, 0.15) is 0 Å². The Hall–Kier alpha value is -0.890. The van der Waals surface area contributed by atoms with E-state index >= 15 is 0 Å². The molecule has 22 heavy (non-hydrogen) atoms. The van der Waals surface area contributed by atoms with Crippen molar-refractivity contribution < 1.29 is 0 Å². The Labute approximate surface area is 151 Å². The van der Waals surface area contributed by atoms with E-state index in [1.54, 1.807) is 0 Å². The molecule has 0 bridgehead atoms. The van der Waals surface area contributed by atoms with Crippen LogP contribution in [0.25, 0.3) is 0 Å². The van der Waals surface area contributed by atoms with Gasteiger partial charge < -0.3 is 10.6 Å². The van der Waals surface area contributed by atoms with E-state index in [1.807, 2.05) is 32.2 Å². The number of nitrogens with one attached hydrogen (secondary N) is 2. The maximum absolute atomic E-state index is 4.49. The third-order valence-corrected chi connectivity index (χ3v) is 4.02. The second-order valence-electron chi connectivity index (χ2n) is 5.50. The van der Waals surface area contributed by atoms with E-state index in [0.717, 1.165) is 30.4 Å². The fourth-order valence-electron chi connectivity index (χ4n) is 2.85. The Morgan fingerprint density at radius 1 is 1.41 bits per heavy atom. The molecule has 2 rings (SSSR count). The molecule has 124 valence electrons. The molecule has 1 unspecified atom stereocenters. The van der Waals surface area contributed by atoms with Crippen LogP contribution >= 0.6 is 24.0 Å². The number of halogens is 1. The third-order valence-electron chi connectivity index (χ3n) is 4.02. The van der Waals surface area contributed by atoms with Gasteiger partial charge in [-0.3, -0.25) is 14.9 Å². The lowest BCUT2D eigenvalue weighted by Gasteiger charge is -2.23. The van der Waals surface area contributed by atoms with Gasteiger partial charge in [-0.25, -0.2) is 0 Å². The summed E-state index contributed by atoms with van der Waals surface area (Å²) in [5.74, 6) is 0.848. The van der Waals surface area contributed by atoms with Crippen LogP contribution in [0.1, 0.15) is 31.2 Å². The number of likely N-dealkylation sites (tertiary alicyclic amines) is 1. The van der Waals surface area contributed by atoms with Gasteiger partial charge in [0, 0.05) is 25.3 Å². The molecule has 1 aliphatic rings. The maximum Gasteiger partial charge on any atom is 0.191 e. The highest BCUT2D eigenvalue weighted by molar-refractivity contribution is 14.0. The summed E-state index contributed by atoms with van der Waals surface area (Å²) >= 11 is 0. The number of hydrogen-bond donors (Lipinski definition) is 2. The van der Waals surface area contributed by atoms with E-state index in [2.05, 4.69) is 32.4 Å². The number of nitrogens with zero attached hydrogens (tertiary/aromatic N) is 3. The lowest BCUT2D eigenvalue weighted by Crippen LogP contribution is -2.44. The van der Waals surface area contributed by atoms with Crippen molar-refractivity contribution in [2.24, 2.45) is 4.99 Å². The van der Waals surface area contributed by atoms with E-state index < -0.39 is 0 Å². The van der Waals surface area contributed by atoms with Gasteiger partial charge in [-0.1, -0.05) is 13.0 Å². The van der Waals surface area contributed by atoms with Crippen molar-refractivity contribution in [2.75, 3.05) is 26.7 Å². The molecule has 0 saturated carbocycles. The topological polar surface area (TPSA) is 52.5 Å². The second-order valence-corrected chi connectivity index (χ2v) is 5.50. The number of rotatable bonds is 5. The highest BCUT2D eigenvalue weighted by Crippen LogP contribution is 2.15. The largest absolute Gasteiger partial charge is 0.355 e. The minimum atomic E-state index is 0. The lowest BCUT2D eigenvalue weighted by molar-refractivity contribution is 0.267. The van der Waals surface area contributed by atoms with Gasteiger partial charge in [0.25, 0.3) is 0 Å².